The standard InChI is InChI=1S/C9H11NO2.ClH/c1-7(12)8-3-2-4-9(5-8)10-6-11;/h2-5,10-11H,6H2,1H3;1H. The van der Waals surface area contributed by atoms with Crippen molar-refractivity contribution in [1.29, 1.82) is 0 Å². The van der Waals surface area contributed by atoms with Crippen LogP contribution in [-0.4, -0.2) is 17.6 Å². The fourth-order valence-corrected chi connectivity index (χ4v) is 0.939. The van der Waals surface area contributed by atoms with Gasteiger partial charge in [0, 0.05) is 11.3 Å². The van der Waals surface area contributed by atoms with E-state index in [0.717, 1.165) is 5.69 Å². The number of Topliss-reactive ketones (excluding diaryl/α,β-unsaturated/α-hetero) is 1. The van der Waals surface area contributed by atoms with Gasteiger partial charge in [-0.25, -0.2) is 0 Å². The van der Waals surface area contributed by atoms with Gasteiger partial charge in [0.05, 0.1) is 0 Å². The third-order valence-corrected chi connectivity index (χ3v) is 1.55. The highest BCUT2D eigenvalue weighted by atomic mass is 35.5. The Balaban J connectivity index is 0.00000144. The summed E-state index contributed by atoms with van der Waals surface area (Å²) in [4.78, 5) is 10.9. The number of carbonyl (C=O) groups excluding carboxylic acids is 1. The molecular weight excluding hydrogens is 190 g/mol. The van der Waals surface area contributed by atoms with Gasteiger partial charge >= 0.3 is 0 Å². The van der Waals surface area contributed by atoms with Crippen molar-refractivity contribution in [2.75, 3.05) is 12.0 Å². The van der Waals surface area contributed by atoms with Crippen LogP contribution in [0.5, 0.6) is 0 Å². The van der Waals surface area contributed by atoms with Gasteiger partial charge in [0.15, 0.2) is 5.78 Å². The minimum atomic E-state index is -0.124. The molecule has 1 rings (SSSR count). The number of rotatable bonds is 3. The van der Waals surface area contributed by atoms with E-state index in [-0.39, 0.29) is 24.9 Å². The Bertz CT molecular complexity index is 289. The van der Waals surface area contributed by atoms with Crippen LogP contribution in [0.1, 0.15) is 17.3 Å². The molecule has 3 nitrogen and oxygen atoms in total. The molecule has 0 bridgehead atoms. The Morgan fingerprint density at radius 1 is 1.54 bits per heavy atom. The fourth-order valence-electron chi connectivity index (χ4n) is 0.939. The van der Waals surface area contributed by atoms with E-state index in [4.69, 9.17) is 5.11 Å². The summed E-state index contributed by atoms with van der Waals surface area (Å²) >= 11 is 0. The highest BCUT2D eigenvalue weighted by Crippen LogP contribution is 2.10. The quantitative estimate of drug-likeness (QED) is 0.578. The molecule has 0 aromatic heterocycles. The van der Waals surface area contributed by atoms with E-state index in [0.29, 0.717) is 5.56 Å². The molecule has 0 fully saturated rings. The normalized spacial score (nSPS) is 8.77. The Morgan fingerprint density at radius 3 is 2.77 bits per heavy atom. The molecule has 0 atom stereocenters. The molecule has 72 valence electrons. The van der Waals surface area contributed by atoms with Gasteiger partial charge in [0.1, 0.15) is 6.73 Å². The molecule has 0 aliphatic heterocycles. The number of nitrogens with one attached hydrogen (secondary N) is 1. The first kappa shape index (κ1) is 11.9. The highest BCUT2D eigenvalue weighted by Gasteiger charge is 1.98. The van der Waals surface area contributed by atoms with E-state index in [1.165, 1.54) is 6.92 Å². The largest absolute Gasteiger partial charge is 0.377 e. The zero-order valence-electron chi connectivity index (χ0n) is 7.28. The molecule has 0 radical (unpaired) electrons. The first-order chi connectivity index (χ1) is 5.74. The highest BCUT2D eigenvalue weighted by molar-refractivity contribution is 5.94. The SMILES string of the molecule is CC(=O)c1cccc(NCO)c1.Cl. The van der Waals surface area contributed by atoms with Gasteiger partial charge in [-0.05, 0) is 19.1 Å². The summed E-state index contributed by atoms with van der Waals surface area (Å²) in [6.45, 7) is 1.39. The third kappa shape index (κ3) is 3.44. The molecule has 0 spiro atoms. The number of carbonyl (C=O) groups is 1. The molecule has 1 aromatic rings. The molecule has 0 unspecified atom stereocenters. The second-order valence-electron chi connectivity index (χ2n) is 2.47. The van der Waals surface area contributed by atoms with Gasteiger partial charge in [-0.3, -0.25) is 4.79 Å². The summed E-state index contributed by atoms with van der Waals surface area (Å²) in [5.41, 5.74) is 1.40. The van der Waals surface area contributed by atoms with Crippen LogP contribution in [0.3, 0.4) is 0 Å². The molecule has 0 saturated heterocycles. The number of hydrogen-bond acceptors (Lipinski definition) is 3. The lowest BCUT2D eigenvalue weighted by Gasteiger charge is -2.02. The lowest BCUT2D eigenvalue weighted by Crippen LogP contribution is -2.00. The van der Waals surface area contributed by atoms with E-state index >= 15 is 0 Å². The van der Waals surface area contributed by atoms with Crippen molar-refractivity contribution < 1.29 is 9.90 Å². The Hall–Kier alpha value is -1.06. The average molecular weight is 202 g/mol. The zero-order chi connectivity index (χ0) is 8.97. The van der Waals surface area contributed by atoms with E-state index in [1.807, 2.05) is 0 Å². The maximum absolute atomic E-state index is 10.9. The summed E-state index contributed by atoms with van der Waals surface area (Å²) < 4.78 is 0. The van der Waals surface area contributed by atoms with E-state index in [2.05, 4.69) is 5.32 Å². The van der Waals surface area contributed by atoms with Crippen molar-refractivity contribution in [3.8, 4) is 0 Å². The molecule has 0 heterocycles. The molecule has 4 heteroatoms. The number of benzene rings is 1. The molecule has 0 saturated carbocycles. The summed E-state index contributed by atoms with van der Waals surface area (Å²) in [5.74, 6) is 0.0246. The van der Waals surface area contributed by atoms with Crippen molar-refractivity contribution >= 4 is 23.9 Å². The number of anilines is 1. The van der Waals surface area contributed by atoms with E-state index in [1.54, 1.807) is 24.3 Å². The van der Waals surface area contributed by atoms with E-state index < -0.39 is 0 Å². The second kappa shape index (κ2) is 5.56. The summed E-state index contributed by atoms with van der Waals surface area (Å²) in [5, 5.41) is 11.3. The van der Waals surface area contributed by atoms with Gasteiger partial charge in [-0.1, -0.05) is 12.1 Å². The molecule has 0 aliphatic carbocycles. The maximum Gasteiger partial charge on any atom is 0.159 e. The number of aliphatic hydroxyl groups is 1. The first-order valence-corrected chi connectivity index (χ1v) is 3.70. The van der Waals surface area contributed by atoms with Crippen LogP contribution in [0, 0.1) is 0 Å². The number of halogens is 1. The van der Waals surface area contributed by atoms with Gasteiger partial charge in [-0.2, -0.15) is 0 Å². The third-order valence-electron chi connectivity index (χ3n) is 1.55. The second-order valence-corrected chi connectivity index (χ2v) is 2.47. The lowest BCUT2D eigenvalue weighted by molar-refractivity contribution is 0.101. The van der Waals surface area contributed by atoms with Crippen LogP contribution in [0.15, 0.2) is 24.3 Å². The predicted octanol–water partition coefficient (Wildman–Crippen LogP) is 1.67. The Kier molecular flexibility index (Phi) is 5.11. The summed E-state index contributed by atoms with van der Waals surface area (Å²) in [6, 6.07) is 7.01. The van der Waals surface area contributed by atoms with Crippen LogP contribution < -0.4 is 5.32 Å². The predicted molar refractivity (Wildman–Crippen MR) is 54.4 cm³/mol. The molecule has 0 aliphatic rings. The Labute approximate surface area is 83.2 Å². The molecule has 2 N–H and O–H groups in total. The fraction of sp³-hybridized carbons (Fsp3) is 0.222. The lowest BCUT2D eigenvalue weighted by atomic mass is 10.1. The van der Waals surface area contributed by atoms with Crippen LogP contribution in [0.2, 0.25) is 0 Å². The van der Waals surface area contributed by atoms with Gasteiger partial charge in [0.25, 0.3) is 0 Å². The number of aliphatic hydroxyl groups excluding tert-OH is 1. The van der Waals surface area contributed by atoms with Crippen molar-refractivity contribution in [3.05, 3.63) is 29.8 Å². The van der Waals surface area contributed by atoms with Crippen LogP contribution in [-0.2, 0) is 0 Å². The number of ketones is 1. The van der Waals surface area contributed by atoms with Gasteiger partial charge in [-0.15, -0.1) is 12.4 Å². The van der Waals surface area contributed by atoms with Crippen LogP contribution >= 0.6 is 12.4 Å². The van der Waals surface area contributed by atoms with Gasteiger partial charge < -0.3 is 10.4 Å². The maximum atomic E-state index is 10.9. The monoisotopic (exact) mass is 201 g/mol. The zero-order valence-corrected chi connectivity index (χ0v) is 8.10. The average Bonchev–Trinajstić information content (AvgIpc) is 2.05. The first-order valence-electron chi connectivity index (χ1n) is 3.70. The van der Waals surface area contributed by atoms with E-state index in [9.17, 15) is 4.79 Å². The summed E-state index contributed by atoms with van der Waals surface area (Å²) in [6.07, 6.45) is 0. The van der Waals surface area contributed by atoms with Crippen molar-refractivity contribution in [3.63, 3.8) is 0 Å². The molecule has 1 aromatic carbocycles. The van der Waals surface area contributed by atoms with Crippen LogP contribution in [0.4, 0.5) is 5.69 Å². The van der Waals surface area contributed by atoms with Crippen molar-refractivity contribution in [2.24, 2.45) is 0 Å². The Morgan fingerprint density at radius 2 is 2.23 bits per heavy atom. The smallest absolute Gasteiger partial charge is 0.159 e. The topological polar surface area (TPSA) is 49.3 Å². The summed E-state index contributed by atoms with van der Waals surface area (Å²) in [7, 11) is 0. The molecule has 13 heavy (non-hydrogen) atoms. The van der Waals surface area contributed by atoms with Crippen molar-refractivity contribution in [2.45, 2.75) is 6.92 Å². The van der Waals surface area contributed by atoms with Crippen LogP contribution in [0.25, 0.3) is 0 Å². The molecule has 0 amide bonds. The minimum absolute atomic E-state index is 0. The number of hydrogen-bond donors (Lipinski definition) is 2. The van der Waals surface area contributed by atoms with Gasteiger partial charge in [0.2, 0.25) is 0 Å². The van der Waals surface area contributed by atoms with Crippen molar-refractivity contribution in [1.82, 2.24) is 0 Å². The molecular formula is C9H12ClNO2. The minimum Gasteiger partial charge on any atom is -0.377 e.